The van der Waals surface area contributed by atoms with Gasteiger partial charge >= 0.3 is 0 Å². The second-order valence-corrected chi connectivity index (χ2v) is 5.57. The molecule has 0 atom stereocenters. The normalized spacial score (nSPS) is 19.8. The van der Waals surface area contributed by atoms with E-state index in [9.17, 15) is 9.18 Å². The Kier molecular flexibility index (Phi) is 6.38. The number of aromatic nitrogens is 1. The lowest BCUT2D eigenvalue weighted by Crippen LogP contribution is -2.44. The Morgan fingerprint density at radius 2 is 2.00 bits per heavy atom. The van der Waals surface area contributed by atoms with Crippen LogP contribution in [0.1, 0.15) is 29.6 Å². The maximum Gasteiger partial charge on any atom is 0.256 e. The summed E-state index contributed by atoms with van der Waals surface area (Å²) in [5.41, 5.74) is 0.503. The first-order valence-electron chi connectivity index (χ1n) is 6.80. The van der Waals surface area contributed by atoms with E-state index in [-0.39, 0.29) is 36.3 Å². The molecule has 2 aliphatic rings. The number of nitrogens with zero attached hydrogens (tertiary/aromatic N) is 2. The number of likely N-dealkylation sites (tertiary alicyclic amines) is 1. The Bertz CT molecular complexity index is 485. The number of piperidine rings is 1. The fourth-order valence-electron chi connectivity index (χ4n) is 3.13. The van der Waals surface area contributed by atoms with Gasteiger partial charge in [0.15, 0.2) is 5.82 Å². The molecule has 1 spiro atoms. The minimum absolute atomic E-state index is 0. The van der Waals surface area contributed by atoms with Gasteiger partial charge in [0.25, 0.3) is 5.91 Å². The quantitative estimate of drug-likeness (QED) is 0.856. The molecule has 1 aromatic heterocycles. The maximum absolute atomic E-state index is 13.6. The Morgan fingerprint density at radius 3 is 2.57 bits per heavy atom. The molecule has 2 aliphatic heterocycles. The highest BCUT2D eigenvalue weighted by Crippen LogP contribution is 2.37. The van der Waals surface area contributed by atoms with Gasteiger partial charge in [-0.05, 0) is 37.3 Å². The summed E-state index contributed by atoms with van der Waals surface area (Å²) in [6.07, 6.45) is 5.78. The third-order valence-electron chi connectivity index (χ3n) is 4.45. The molecule has 1 amide bonds. The number of carbonyl (C=O) groups excluding carboxylic acids is 1. The SMILES string of the molecule is Cl.Cl.O=C(c1ccncc1F)N1CCC2(CCNC2)CC1. The van der Waals surface area contributed by atoms with Gasteiger partial charge in [-0.3, -0.25) is 9.78 Å². The Labute approximate surface area is 136 Å². The highest BCUT2D eigenvalue weighted by Gasteiger charge is 2.38. The van der Waals surface area contributed by atoms with Crippen LogP contribution in [0.3, 0.4) is 0 Å². The lowest BCUT2D eigenvalue weighted by molar-refractivity contribution is 0.0603. The zero-order valence-electron chi connectivity index (χ0n) is 11.7. The van der Waals surface area contributed by atoms with E-state index in [4.69, 9.17) is 0 Å². The fraction of sp³-hybridized carbons (Fsp3) is 0.571. The van der Waals surface area contributed by atoms with E-state index in [0.717, 1.165) is 45.2 Å². The number of hydrogen-bond acceptors (Lipinski definition) is 3. The molecule has 3 heterocycles. The standard InChI is InChI=1S/C14H18FN3O.2ClH/c15-12-9-16-5-1-11(12)13(19)18-7-3-14(4-8-18)2-6-17-10-14;;/h1,5,9,17H,2-4,6-8,10H2;2*1H. The third-order valence-corrected chi connectivity index (χ3v) is 4.45. The second-order valence-electron chi connectivity index (χ2n) is 5.57. The van der Waals surface area contributed by atoms with Gasteiger partial charge in [0.1, 0.15) is 0 Å². The number of hydrogen-bond donors (Lipinski definition) is 1. The van der Waals surface area contributed by atoms with Crippen LogP contribution in [0.5, 0.6) is 0 Å². The van der Waals surface area contributed by atoms with Crippen LogP contribution in [0.2, 0.25) is 0 Å². The lowest BCUT2D eigenvalue weighted by Gasteiger charge is -2.38. The van der Waals surface area contributed by atoms with Crippen molar-refractivity contribution in [1.82, 2.24) is 15.2 Å². The molecule has 1 N–H and O–H groups in total. The van der Waals surface area contributed by atoms with E-state index in [2.05, 4.69) is 10.3 Å². The molecule has 0 unspecified atom stereocenters. The molecular formula is C14H20Cl2FN3O. The predicted molar refractivity (Wildman–Crippen MR) is 83.7 cm³/mol. The highest BCUT2D eigenvalue weighted by atomic mass is 35.5. The summed E-state index contributed by atoms with van der Waals surface area (Å²) >= 11 is 0. The minimum Gasteiger partial charge on any atom is -0.339 e. The van der Waals surface area contributed by atoms with Crippen LogP contribution in [0.15, 0.2) is 18.5 Å². The van der Waals surface area contributed by atoms with Gasteiger partial charge in [0.05, 0.1) is 11.8 Å². The van der Waals surface area contributed by atoms with Crippen molar-refractivity contribution < 1.29 is 9.18 Å². The topological polar surface area (TPSA) is 45.2 Å². The molecule has 0 saturated carbocycles. The van der Waals surface area contributed by atoms with Crippen molar-refractivity contribution in [3.05, 3.63) is 29.8 Å². The smallest absolute Gasteiger partial charge is 0.256 e. The van der Waals surface area contributed by atoms with Crippen LogP contribution in [-0.2, 0) is 0 Å². The van der Waals surface area contributed by atoms with Gasteiger partial charge in [0, 0.05) is 25.8 Å². The van der Waals surface area contributed by atoms with Crippen molar-refractivity contribution in [1.29, 1.82) is 0 Å². The van der Waals surface area contributed by atoms with Gasteiger partial charge in [-0.25, -0.2) is 4.39 Å². The molecule has 0 radical (unpaired) electrons. The molecule has 7 heteroatoms. The van der Waals surface area contributed by atoms with E-state index in [1.807, 2.05) is 0 Å². The largest absolute Gasteiger partial charge is 0.339 e. The molecule has 2 saturated heterocycles. The van der Waals surface area contributed by atoms with Crippen LogP contribution in [0.4, 0.5) is 4.39 Å². The molecule has 3 rings (SSSR count). The van der Waals surface area contributed by atoms with Crippen molar-refractivity contribution in [2.75, 3.05) is 26.2 Å². The number of amides is 1. The fourth-order valence-corrected chi connectivity index (χ4v) is 3.13. The summed E-state index contributed by atoms with van der Waals surface area (Å²) in [7, 11) is 0. The van der Waals surface area contributed by atoms with Crippen LogP contribution in [-0.4, -0.2) is 42.0 Å². The Morgan fingerprint density at radius 1 is 1.29 bits per heavy atom. The van der Waals surface area contributed by atoms with Crippen LogP contribution in [0, 0.1) is 11.2 Å². The van der Waals surface area contributed by atoms with Crippen molar-refractivity contribution in [3.8, 4) is 0 Å². The average Bonchev–Trinajstić information content (AvgIpc) is 2.88. The summed E-state index contributed by atoms with van der Waals surface area (Å²) in [6, 6.07) is 1.46. The lowest BCUT2D eigenvalue weighted by atomic mass is 9.78. The van der Waals surface area contributed by atoms with Gasteiger partial charge in [0.2, 0.25) is 0 Å². The van der Waals surface area contributed by atoms with E-state index < -0.39 is 5.82 Å². The van der Waals surface area contributed by atoms with Crippen molar-refractivity contribution in [2.45, 2.75) is 19.3 Å². The molecule has 0 aromatic carbocycles. The molecule has 21 heavy (non-hydrogen) atoms. The number of nitrogens with one attached hydrogen (secondary N) is 1. The van der Waals surface area contributed by atoms with E-state index in [0.29, 0.717) is 5.41 Å². The summed E-state index contributed by atoms with van der Waals surface area (Å²) in [5, 5.41) is 3.40. The maximum atomic E-state index is 13.6. The summed E-state index contributed by atoms with van der Waals surface area (Å²) in [6.45, 7) is 3.58. The molecule has 4 nitrogen and oxygen atoms in total. The summed E-state index contributed by atoms with van der Waals surface area (Å²) in [4.78, 5) is 17.7. The molecule has 1 aromatic rings. The van der Waals surface area contributed by atoms with Gasteiger partial charge < -0.3 is 10.2 Å². The monoisotopic (exact) mass is 335 g/mol. The van der Waals surface area contributed by atoms with Gasteiger partial charge in [-0.1, -0.05) is 0 Å². The van der Waals surface area contributed by atoms with Crippen LogP contribution in [0.25, 0.3) is 0 Å². The molecule has 0 bridgehead atoms. The van der Waals surface area contributed by atoms with Crippen molar-refractivity contribution in [3.63, 3.8) is 0 Å². The Balaban J connectivity index is 0.00000110. The Hall–Kier alpha value is -0.910. The van der Waals surface area contributed by atoms with Crippen molar-refractivity contribution in [2.24, 2.45) is 5.41 Å². The zero-order chi connectivity index (χ0) is 13.3. The third kappa shape index (κ3) is 3.65. The molecular weight excluding hydrogens is 316 g/mol. The highest BCUT2D eigenvalue weighted by molar-refractivity contribution is 5.94. The molecule has 2 fully saturated rings. The summed E-state index contributed by atoms with van der Waals surface area (Å²) in [5.74, 6) is -0.740. The summed E-state index contributed by atoms with van der Waals surface area (Å²) < 4.78 is 13.6. The first-order valence-corrected chi connectivity index (χ1v) is 6.80. The first kappa shape index (κ1) is 18.1. The van der Waals surface area contributed by atoms with Gasteiger partial charge in [-0.15, -0.1) is 24.8 Å². The van der Waals surface area contributed by atoms with Crippen molar-refractivity contribution >= 4 is 30.7 Å². The number of carbonyl (C=O) groups is 1. The van der Waals surface area contributed by atoms with Crippen LogP contribution < -0.4 is 5.32 Å². The van der Waals surface area contributed by atoms with E-state index in [1.165, 1.54) is 18.7 Å². The molecule has 118 valence electrons. The van der Waals surface area contributed by atoms with Gasteiger partial charge in [-0.2, -0.15) is 0 Å². The van der Waals surface area contributed by atoms with E-state index >= 15 is 0 Å². The molecule has 0 aliphatic carbocycles. The van der Waals surface area contributed by atoms with Crippen LogP contribution >= 0.6 is 24.8 Å². The number of pyridine rings is 1. The number of rotatable bonds is 1. The van der Waals surface area contributed by atoms with E-state index in [1.54, 1.807) is 4.90 Å². The minimum atomic E-state index is -0.532. The second kappa shape index (κ2) is 7.38. The predicted octanol–water partition coefficient (Wildman–Crippen LogP) is 2.28. The average molecular weight is 336 g/mol. The zero-order valence-corrected chi connectivity index (χ0v) is 13.3. The number of halogens is 3. The first-order chi connectivity index (χ1) is 9.20.